The molecule has 4 heteroatoms. The predicted molar refractivity (Wildman–Crippen MR) is 74.7 cm³/mol. The van der Waals surface area contributed by atoms with Gasteiger partial charge in [-0.1, -0.05) is 19.8 Å². The molecule has 1 aromatic rings. The Balaban J connectivity index is 1.90. The topological polar surface area (TPSA) is 55.0 Å². The third-order valence-electron chi connectivity index (χ3n) is 3.50. The van der Waals surface area contributed by atoms with Gasteiger partial charge < -0.3 is 10.6 Å². The first kappa shape index (κ1) is 13.3. The summed E-state index contributed by atoms with van der Waals surface area (Å²) in [7, 11) is 0. The van der Waals surface area contributed by atoms with Crippen molar-refractivity contribution >= 4 is 5.95 Å². The van der Waals surface area contributed by atoms with E-state index in [0.717, 1.165) is 38.3 Å². The average molecular weight is 248 g/mol. The summed E-state index contributed by atoms with van der Waals surface area (Å²) in [5.41, 5.74) is 7.22. The van der Waals surface area contributed by atoms with E-state index in [-0.39, 0.29) is 6.04 Å². The molecule has 1 aliphatic rings. The summed E-state index contributed by atoms with van der Waals surface area (Å²) in [6.07, 6.45) is 11.1. The van der Waals surface area contributed by atoms with Gasteiger partial charge in [0.15, 0.2) is 0 Å². The zero-order valence-corrected chi connectivity index (χ0v) is 11.3. The van der Waals surface area contributed by atoms with E-state index in [2.05, 4.69) is 21.8 Å². The molecule has 1 aromatic heterocycles. The van der Waals surface area contributed by atoms with Crippen LogP contribution in [0.5, 0.6) is 0 Å². The number of nitrogens with two attached hydrogens (primary N) is 1. The summed E-state index contributed by atoms with van der Waals surface area (Å²) in [6, 6.07) is 0.270. The standard InChI is InChI=1S/C14H24N4/c1-2-3-4-6-12-9-16-14(17-10-12)18-8-5-7-13(15)11-18/h9-10,13H,2-8,11,15H2,1H3. The van der Waals surface area contributed by atoms with Gasteiger partial charge >= 0.3 is 0 Å². The lowest BCUT2D eigenvalue weighted by atomic mass is 10.1. The van der Waals surface area contributed by atoms with Crippen LogP contribution < -0.4 is 10.6 Å². The Hall–Kier alpha value is -1.16. The first-order valence-corrected chi connectivity index (χ1v) is 7.11. The molecule has 0 amide bonds. The van der Waals surface area contributed by atoms with Crippen LogP contribution >= 0.6 is 0 Å². The molecule has 0 radical (unpaired) electrons. The summed E-state index contributed by atoms with van der Waals surface area (Å²) < 4.78 is 0. The molecule has 2 rings (SSSR count). The molecular formula is C14H24N4. The normalized spacial score (nSPS) is 20.1. The number of anilines is 1. The number of aromatic nitrogens is 2. The van der Waals surface area contributed by atoms with Gasteiger partial charge in [-0.15, -0.1) is 0 Å². The Morgan fingerprint density at radius 2 is 2.11 bits per heavy atom. The quantitative estimate of drug-likeness (QED) is 0.811. The van der Waals surface area contributed by atoms with Crippen molar-refractivity contribution < 1.29 is 0 Å². The van der Waals surface area contributed by atoms with E-state index in [9.17, 15) is 0 Å². The molecule has 1 saturated heterocycles. The van der Waals surface area contributed by atoms with Gasteiger partial charge in [0.25, 0.3) is 0 Å². The molecule has 0 saturated carbocycles. The van der Waals surface area contributed by atoms with Crippen molar-refractivity contribution in [2.24, 2.45) is 5.73 Å². The SMILES string of the molecule is CCCCCc1cnc(N2CCCC(N)C2)nc1. The van der Waals surface area contributed by atoms with Crippen LogP contribution in [-0.4, -0.2) is 29.1 Å². The summed E-state index contributed by atoms with van der Waals surface area (Å²) in [4.78, 5) is 11.1. The van der Waals surface area contributed by atoms with Gasteiger partial charge in [-0.25, -0.2) is 9.97 Å². The number of aryl methyl sites for hydroxylation is 1. The molecule has 0 aliphatic carbocycles. The minimum absolute atomic E-state index is 0.270. The second-order valence-electron chi connectivity index (χ2n) is 5.20. The number of hydrogen-bond acceptors (Lipinski definition) is 4. The number of nitrogens with zero attached hydrogens (tertiary/aromatic N) is 3. The van der Waals surface area contributed by atoms with Gasteiger partial charge in [-0.05, 0) is 31.2 Å². The summed E-state index contributed by atoms with van der Waals surface area (Å²) in [5.74, 6) is 0.837. The highest BCUT2D eigenvalue weighted by molar-refractivity contribution is 5.31. The summed E-state index contributed by atoms with van der Waals surface area (Å²) >= 11 is 0. The van der Waals surface area contributed by atoms with E-state index in [4.69, 9.17) is 5.73 Å². The predicted octanol–water partition coefficient (Wildman–Crippen LogP) is 2.14. The molecular weight excluding hydrogens is 224 g/mol. The summed E-state index contributed by atoms with van der Waals surface area (Å²) in [6.45, 7) is 4.14. The van der Waals surface area contributed by atoms with Crippen LogP contribution in [-0.2, 0) is 6.42 Å². The molecule has 1 unspecified atom stereocenters. The zero-order chi connectivity index (χ0) is 12.8. The first-order valence-electron chi connectivity index (χ1n) is 7.11. The Morgan fingerprint density at radius 3 is 2.78 bits per heavy atom. The van der Waals surface area contributed by atoms with Gasteiger partial charge in [0.05, 0.1) is 0 Å². The van der Waals surface area contributed by atoms with E-state index in [1.54, 1.807) is 0 Å². The molecule has 100 valence electrons. The van der Waals surface area contributed by atoms with Crippen LogP contribution in [0, 0.1) is 0 Å². The van der Waals surface area contributed by atoms with Crippen molar-refractivity contribution in [3.8, 4) is 0 Å². The van der Waals surface area contributed by atoms with Crippen molar-refractivity contribution in [2.45, 2.75) is 51.5 Å². The van der Waals surface area contributed by atoms with Gasteiger partial charge in [-0.2, -0.15) is 0 Å². The van der Waals surface area contributed by atoms with Gasteiger partial charge in [0.1, 0.15) is 0 Å². The third kappa shape index (κ3) is 3.67. The molecule has 1 fully saturated rings. The van der Waals surface area contributed by atoms with E-state index in [1.165, 1.54) is 24.8 Å². The molecule has 1 aliphatic heterocycles. The molecule has 4 nitrogen and oxygen atoms in total. The minimum Gasteiger partial charge on any atom is -0.339 e. The van der Waals surface area contributed by atoms with Crippen LogP contribution in [0.1, 0.15) is 44.6 Å². The van der Waals surface area contributed by atoms with Crippen molar-refractivity contribution in [1.29, 1.82) is 0 Å². The number of unbranched alkanes of at least 4 members (excludes halogenated alkanes) is 2. The van der Waals surface area contributed by atoms with Crippen LogP contribution in [0.3, 0.4) is 0 Å². The first-order chi connectivity index (χ1) is 8.79. The Kier molecular flexibility index (Phi) is 4.93. The Bertz CT molecular complexity index is 349. The maximum atomic E-state index is 5.98. The highest BCUT2D eigenvalue weighted by Gasteiger charge is 2.18. The van der Waals surface area contributed by atoms with Crippen LogP contribution in [0.25, 0.3) is 0 Å². The van der Waals surface area contributed by atoms with Crippen molar-refractivity contribution in [2.75, 3.05) is 18.0 Å². The number of hydrogen-bond donors (Lipinski definition) is 1. The second kappa shape index (κ2) is 6.69. The molecule has 0 aromatic carbocycles. The average Bonchev–Trinajstić information content (AvgIpc) is 2.40. The lowest BCUT2D eigenvalue weighted by Gasteiger charge is -2.30. The lowest BCUT2D eigenvalue weighted by molar-refractivity contribution is 0.499. The maximum Gasteiger partial charge on any atom is 0.225 e. The van der Waals surface area contributed by atoms with Crippen LogP contribution in [0.4, 0.5) is 5.95 Å². The van der Waals surface area contributed by atoms with Crippen LogP contribution in [0.2, 0.25) is 0 Å². The molecule has 0 bridgehead atoms. The maximum absolute atomic E-state index is 5.98. The van der Waals surface area contributed by atoms with Crippen molar-refractivity contribution in [3.63, 3.8) is 0 Å². The smallest absolute Gasteiger partial charge is 0.225 e. The van der Waals surface area contributed by atoms with E-state index < -0.39 is 0 Å². The molecule has 1 atom stereocenters. The molecule has 0 spiro atoms. The minimum atomic E-state index is 0.270. The van der Waals surface area contributed by atoms with Gasteiger partial charge in [0.2, 0.25) is 5.95 Å². The van der Waals surface area contributed by atoms with Gasteiger partial charge in [0, 0.05) is 31.5 Å². The molecule has 2 N–H and O–H groups in total. The fourth-order valence-electron chi connectivity index (χ4n) is 2.41. The number of rotatable bonds is 5. The Labute approximate surface area is 110 Å². The van der Waals surface area contributed by atoms with Crippen LogP contribution in [0.15, 0.2) is 12.4 Å². The molecule has 18 heavy (non-hydrogen) atoms. The number of piperidine rings is 1. The van der Waals surface area contributed by atoms with Gasteiger partial charge in [-0.3, -0.25) is 0 Å². The lowest BCUT2D eigenvalue weighted by Crippen LogP contribution is -2.43. The second-order valence-corrected chi connectivity index (χ2v) is 5.20. The van der Waals surface area contributed by atoms with E-state index >= 15 is 0 Å². The fourth-order valence-corrected chi connectivity index (χ4v) is 2.41. The Morgan fingerprint density at radius 1 is 1.33 bits per heavy atom. The van der Waals surface area contributed by atoms with E-state index in [0.29, 0.717) is 0 Å². The van der Waals surface area contributed by atoms with Crippen molar-refractivity contribution in [3.05, 3.63) is 18.0 Å². The van der Waals surface area contributed by atoms with Crippen molar-refractivity contribution in [1.82, 2.24) is 9.97 Å². The third-order valence-corrected chi connectivity index (χ3v) is 3.50. The largest absolute Gasteiger partial charge is 0.339 e. The highest BCUT2D eigenvalue weighted by Crippen LogP contribution is 2.15. The molecule has 2 heterocycles. The zero-order valence-electron chi connectivity index (χ0n) is 11.3. The fraction of sp³-hybridized carbons (Fsp3) is 0.714. The highest BCUT2D eigenvalue weighted by atomic mass is 15.3. The summed E-state index contributed by atoms with van der Waals surface area (Å²) in [5, 5.41) is 0. The monoisotopic (exact) mass is 248 g/mol. The van der Waals surface area contributed by atoms with E-state index in [1.807, 2.05) is 12.4 Å².